The predicted molar refractivity (Wildman–Crippen MR) is 91.6 cm³/mol. The van der Waals surface area contributed by atoms with Gasteiger partial charge in [0.1, 0.15) is 17.6 Å². The number of fused-ring (bicyclic) bond motifs is 3. The van der Waals surface area contributed by atoms with Crippen LogP contribution in [0.1, 0.15) is 68.8 Å². The van der Waals surface area contributed by atoms with Crippen molar-refractivity contribution in [1.82, 2.24) is 0 Å². The molecule has 0 heterocycles. The van der Waals surface area contributed by atoms with Crippen LogP contribution in [0.3, 0.4) is 0 Å². The van der Waals surface area contributed by atoms with E-state index in [9.17, 15) is 30.0 Å². The van der Waals surface area contributed by atoms with Gasteiger partial charge in [-0.1, -0.05) is 19.1 Å². The van der Waals surface area contributed by atoms with Gasteiger partial charge in [0.2, 0.25) is 5.78 Å². The lowest BCUT2D eigenvalue weighted by molar-refractivity contribution is -0.0913. The smallest absolute Gasteiger partial charge is 0.201 e. The first-order valence-electron chi connectivity index (χ1n) is 8.50. The molecule has 0 aromatic heterocycles. The molecule has 0 amide bonds. The second-order valence-electron chi connectivity index (χ2n) is 6.93. The van der Waals surface area contributed by atoms with E-state index in [1.807, 2.05) is 0 Å². The maximum absolute atomic E-state index is 12.9. The van der Waals surface area contributed by atoms with Gasteiger partial charge in [0, 0.05) is 16.7 Å². The summed E-state index contributed by atoms with van der Waals surface area (Å²) in [6, 6.07) is 5.61. The Morgan fingerprint density at radius 1 is 1.12 bits per heavy atom. The number of ketones is 2. The first-order valence-corrected chi connectivity index (χ1v) is 8.50. The molecule has 6 nitrogen and oxygen atoms in total. The molecule has 0 aliphatic heterocycles. The highest BCUT2D eigenvalue weighted by atomic mass is 16.3. The highest BCUT2D eigenvalue weighted by molar-refractivity contribution is 6.30. The summed E-state index contributed by atoms with van der Waals surface area (Å²) in [6.07, 6.45) is -0.450. The molecule has 4 rings (SSSR count). The Bertz CT molecular complexity index is 977. The molecule has 0 radical (unpaired) electrons. The van der Waals surface area contributed by atoms with Crippen molar-refractivity contribution in [2.75, 3.05) is 0 Å². The quantitative estimate of drug-likeness (QED) is 0.531. The lowest BCUT2D eigenvalue weighted by Crippen LogP contribution is -2.40. The van der Waals surface area contributed by atoms with Crippen molar-refractivity contribution in [3.63, 3.8) is 0 Å². The van der Waals surface area contributed by atoms with Crippen LogP contribution in [0, 0.1) is 0 Å². The highest BCUT2D eigenvalue weighted by Gasteiger charge is 2.43. The van der Waals surface area contributed by atoms with E-state index in [0.29, 0.717) is 12.0 Å². The van der Waals surface area contributed by atoms with Crippen molar-refractivity contribution in [3.05, 3.63) is 57.6 Å². The second kappa shape index (κ2) is 5.40. The zero-order chi connectivity index (χ0) is 18.8. The Morgan fingerprint density at radius 3 is 2.54 bits per heavy atom. The van der Waals surface area contributed by atoms with E-state index in [0.717, 1.165) is 0 Å². The van der Waals surface area contributed by atoms with E-state index in [1.165, 1.54) is 24.3 Å². The molecule has 4 N–H and O–H groups in total. The Kier molecular flexibility index (Phi) is 3.48. The van der Waals surface area contributed by atoms with E-state index in [2.05, 4.69) is 0 Å². The van der Waals surface area contributed by atoms with Crippen LogP contribution in [0.4, 0.5) is 0 Å². The number of aliphatic hydroxyl groups excluding tert-OH is 1. The number of phenols is 2. The summed E-state index contributed by atoms with van der Waals surface area (Å²) in [6.45, 7) is 1.75. The fourth-order valence-electron chi connectivity index (χ4n) is 4.02. The van der Waals surface area contributed by atoms with Gasteiger partial charge in [-0.15, -0.1) is 0 Å². The maximum Gasteiger partial charge on any atom is 0.201 e. The van der Waals surface area contributed by atoms with Crippen molar-refractivity contribution in [2.45, 2.75) is 37.9 Å². The van der Waals surface area contributed by atoms with Crippen LogP contribution in [0.15, 0.2) is 24.3 Å². The fourth-order valence-corrected chi connectivity index (χ4v) is 4.02. The SMILES string of the molecule is CC[C@@]1(O)CCc2c(cc3c(c2O)C(=O)c2c(O)cccc2C3=O)[C@H]1O. The van der Waals surface area contributed by atoms with Crippen LogP contribution in [0.25, 0.3) is 0 Å². The maximum atomic E-state index is 12.9. The summed E-state index contributed by atoms with van der Waals surface area (Å²) in [7, 11) is 0. The molecule has 2 aliphatic carbocycles. The second-order valence-corrected chi connectivity index (χ2v) is 6.93. The first kappa shape index (κ1) is 16.8. The van der Waals surface area contributed by atoms with Crippen LogP contribution < -0.4 is 0 Å². The van der Waals surface area contributed by atoms with Crippen LogP contribution in [-0.2, 0) is 6.42 Å². The molecule has 0 saturated heterocycles. The van der Waals surface area contributed by atoms with Crippen LogP contribution >= 0.6 is 0 Å². The zero-order valence-electron chi connectivity index (χ0n) is 14.1. The van der Waals surface area contributed by atoms with Gasteiger partial charge in [0.25, 0.3) is 0 Å². The minimum atomic E-state index is -1.34. The van der Waals surface area contributed by atoms with Crippen LogP contribution in [0.2, 0.25) is 0 Å². The Balaban J connectivity index is 1.99. The zero-order valence-corrected chi connectivity index (χ0v) is 14.1. The molecule has 2 aliphatic rings. The molecule has 0 saturated carbocycles. The lowest BCUT2D eigenvalue weighted by Gasteiger charge is -2.38. The molecule has 0 fully saturated rings. The number of aliphatic hydroxyl groups is 2. The van der Waals surface area contributed by atoms with Gasteiger partial charge in [-0.3, -0.25) is 9.59 Å². The van der Waals surface area contributed by atoms with E-state index in [1.54, 1.807) is 6.92 Å². The number of aromatic hydroxyl groups is 2. The van der Waals surface area contributed by atoms with Crippen molar-refractivity contribution < 1.29 is 30.0 Å². The number of phenolic OH excluding ortho intramolecular Hbond substituents is 2. The topological polar surface area (TPSA) is 115 Å². The molecular weight excluding hydrogens is 336 g/mol. The molecule has 6 heteroatoms. The first-order chi connectivity index (χ1) is 12.3. The average molecular weight is 354 g/mol. The Hall–Kier alpha value is -2.70. The summed E-state index contributed by atoms with van der Waals surface area (Å²) in [5, 5.41) is 41.9. The molecule has 0 bridgehead atoms. The van der Waals surface area contributed by atoms with E-state index in [4.69, 9.17) is 0 Å². The molecular formula is C20H18O6. The highest BCUT2D eigenvalue weighted by Crippen LogP contribution is 2.47. The predicted octanol–water partition coefficient (Wildman–Crippen LogP) is 1.99. The van der Waals surface area contributed by atoms with Gasteiger partial charge < -0.3 is 20.4 Å². The number of benzene rings is 2. The summed E-state index contributed by atoms with van der Waals surface area (Å²) in [5.74, 6) is -1.81. The van der Waals surface area contributed by atoms with Gasteiger partial charge in [0.05, 0.1) is 16.7 Å². The van der Waals surface area contributed by atoms with Crippen LogP contribution in [0.5, 0.6) is 11.5 Å². The normalized spacial score (nSPS) is 24.0. The van der Waals surface area contributed by atoms with E-state index in [-0.39, 0.29) is 52.2 Å². The van der Waals surface area contributed by atoms with E-state index >= 15 is 0 Å². The van der Waals surface area contributed by atoms with Gasteiger partial charge in [0.15, 0.2) is 5.78 Å². The average Bonchev–Trinajstić information content (AvgIpc) is 2.62. The van der Waals surface area contributed by atoms with Crippen molar-refractivity contribution in [2.24, 2.45) is 0 Å². The van der Waals surface area contributed by atoms with Crippen molar-refractivity contribution >= 4 is 11.6 Å². The number of hydrogen-bond donors (Lipinski definition) is 4. The van der Waals surface area contributed by atoms with E-state index < -0.39 is 23.3 Å². The molecule has 0 spiro atoms. The largest absolute Gasteiger partial charge is 0.507 e. The summed E-state index contributed by atoms with van der Waals surface area (Å²) < 4.78 is 0. The number of carbonyl (C=O) groups is 2. The fraction of sp³-hybridized carbons (Fsp3) is 0.300. The molecule has 2 aromatic carbocycles. The van der Waals surface area contributed by atoms with Gasteiger partial charge >= 0.3 is 0 Å². The molecule has 134 valence electrons. The summed E-state index contributed by atoms with van der Waals surface area (Å²) in [5.41, 5.74) is -0.970. The third-order valence-corrected chi connectivity index (χ3v) is 5.65. The van der Waals surface area contributed by atoms with Gasteiger partial charge in [-0.25, -0.2) is 0 Å². The third kappa shape index (κ3) is 2.00. The molecule has 2 atom stereocenters. The minimum absolute atomic E-state index is 0.0243. The lowest BCUT2D eigenvalue weighted by atomic mass is 9.72. The van der Waals surface area contributed by atoms with Crippen LogP contribution in [-0.4, -0.2) is 37.6 Å². The van der Waals surface area contributed by atoms with Gasteiger partial charge in [-0.05, 0) is 37.0 Å². The van der Waals surface area contributed by atoms with Crippen molar-refractivity contribution in [1.29, 1.82) is 0 Å². The number of rotatable bonds is 1. The van der Waals surface area contributed by atoms with Crippen molar-refractivity contribution in [3.8, 4) is 11.5 Å². The minimum Gasteiger partial charge on any atom is -0.507 e. The Morgan fingerprint density at radius 2 is 1.85 bits per heavy atom. The molecule has 2 aromatic rings. The number of hydrogen-bond acceptors (Lipinski definition) is 6. The molecule has 0 unspecified atom stereocenters. The standard InChI is InChI=1S/C20H18O6/c1-2-20(26)7-6-9-11(19(20)25)8-12-15(17(9)23)18(24)14-10(16(12)22)4-3-5-13(14)21/h3-5,8,19,21,23,25-26H,2,6-7H2,1H3/t19-,20-/m1/s1. The number of carbonyl (C=O) groups excluding carboxylic acids is 2. The molecule has 26 heavy (non-hydrogen) atoms. The van der Waals surface area contributed by atoms with Gasteiger partial charge in [-0.2, -0.15) is 0 Å². The Labute approximate surface area is 149 Å². The summed E-state index contributed by atoms with van der Waals surface area (Å²) in [4.78, 5) is 25.7. The third-order valence-electron chi connectivity index (χ3n) is 5.65. The summed E-state index contributed by atoms with van der Waals surface area (Å²) >= 11 is 0. The monoisotopic (exact) mass is 354 g/mol.